The summed E-state index contributed by atoms with van der Waals surface area (Å²) in [5.41, 5.74) is 3.01. The van der Waals surface area contributed by atoms with Gasteiger partial charge in [-0.2, -0.15) is 0 Å². The van der Waals surface area contributed by atoms with Crippen LogP contribution in [0.5, 0.6) is 0 Å². The third-order valence-corrected chi connectivity index (χ3v) is 7.94. The maximum atomic E-state index is 13.6. The number of nitrogens with zero attached hydrogens (tertiary/aromatic N) is 1. The summed E-state index contributed by atoms with van der Waals surface area (Å²) in [4.78, 5) is 28.6. The molecule has 1 saturated heterocycles. The monoisotopic (exact) mass is 436 g/mol. The molecule has 0 spiro atoms. The van der Waals surface area contributed by atoms with Crippen LogP contribution in [0.1, 0.15) is 53.6 Å². The molecule has 2 aliphatic rings. The summed E-state index contributed by atoms with van der Waals surface area (Å²) in [6, 6.07) is 17.5. The smallest absolute Gasteiger partial charge is 0.255 e. The van der Waals surface area contributed by atoms with Gasteiger partial charge in [0.2, 0.25) is 5.91 Å². The minimum atomic E-state index is -0.401. The van der Waals surface area contributed by atoms with E-state index in [0.717, 1.165) is 24.8 Å². The van der Waals surface area contributed by atoms with E-state index in [1.54, 1.807) is 11.8 Å². The van der Waals surface area contributed by atoms with Crippen LogP contribution in [0.4, 0.5) is 0 Å². The highest BCUT2D eigenvalue weighted by Crippen LogP contribution is 2.41. The fourth-order valence-corrected chi connectivity index (χ4v) is 6.35. The van der Waals surface area contributed by atoms with E-state index in [4.69, 9.17) is 0 Å². The molecule has 2 aromatic carbocycles. The van der Waals surface area contributed by atoms with E-state index in [1.807, 2.05) is 54.3 Å². The van der Waals surface area contributed by atoms with Crippen molar-refractivity contribution < 1.29 is 9.59 Å². The first kappa shape index (κ1) is 21.9. The van der Waals surface area contributed by atoms with E-state index in [-0.39, 0.29) is 17.2 Å². The van der Waals surface area contributed by atoms with Crippen molar-refractivity contribution in [2.45, 2.75) is 56.9 Å². The van der Waals surface area contributed by atoms with E-state index in [2.05, 4.69) is 17.4 Å². The van der Waals surface area contributed by atoms with Crippen LogP contribution in [-0.4, -0.2) is 40.4 Å². The molecule has 1 heterocycles. The van der Waals surface area contributed by atoms with E-state index in [1.165, 1.54) is 24.8 Å². The molecule has 1 aliphatic heterocycles. The zero-order valence-corrected chi connectivity index (χ0v) is 19.1. The second kappa shape index (κ2) is 10.4. The molecule has 0 bridgehead atoms. The lowest BCUT2D eigenvalue weighted by molar-refractivity contribution is -0.125. The molecule has 4 nitrogen and oxygen atoms in total. The fourth-order valence-electron chi connectivity index (χ4n) is 4.71. The van der Waals surface area contributed by atoms with E-state index in [9.17, 15) is 9.59 Å². The van der Waals surface area contributed by atoms with Gasteiger partial charge in [-0.15, -0.1) is 11.8 Å². The number of rotatable bonds is 6. The van der Waals surface area contributed by atoms with Crippen LogP contribution in [-0.2, 0) is 11.2 Å². The summed E-state index contributed by atoms with van der Waals surface area (Å²) in [5, 5.41) is 3.19. The second-order valence-electron chi connectivity index (χ2n) is 8.74. The van der Waals surface area contributed by atoms with E-state index in [0.29, 0.717) is 23.8 Å². The zero-order valence-electron chi connectivity index (χ0n) is 18.3. The van der Waals surface area contributed by atoms with Gasteiger partial charge in [0.05, 0.1) is 5.37 Å². The van der Waals surface area contributed by atoms with Crippen molar-refractivity contribution in [2.24, 2.45) is 5.92 Å². The van der Waals surface area contributed by atoms with Crippen molar-refractivity contribution in [1.29, 1.82) is 0 Å². The largest absolute Gasteiger partial charge is 0.354 e. The van der Waals surface area contributed by atoms with Crippen molar-refractivity contribution in [2.75, 3.05) is 12.3 Å². The van der Waals surface area contributed by atoms with Crippen molar-refractivity contribution in [1.82, 2.24) is 10.2 Å². The van der Waals surface area contributed by atoms with Crippen LogP contribution in [0.25, 0.3) is 0 Å². The molecule has 164 valence electrons. The summed E-state index contributed by atoms with van der Waals surface area (Å²) in [6.45, 7) is 2.61. The molecule has 1 N–H and O–H groups in total. The Morgan fingerprint density at radius 1 is 1.00 bits per heavy atom. The Morgan fingerprint density at radius 3 is 2.42 bits per heavy atom. The average molecular weight is 437 g/mol. The van der Waals surface area contributed by atoms with Gasteiger partial charge in [0.1, 0.15) is 6.04 Å². The van der Waals surface area contributed by atoms with Crippen molar-refractivity contribution in [3.8, 4) is 0 Å². The van der Waals surface area contributed by atoms with Gasteiger partial charge in [-0.3, -0.25) is 9.59 Å². The Morgan fingerprint density at radius 2 is 1.71 bits per heavy atom. The van der Waals surface area contributed by atoms with Crippen LogP contribution in [0, 0.1) is 12.8 Å². The molecule has 1 aliphatic carbocycles. The normalized spacial score (nSPS) is 21.8. The van der Waals surface area contributed by atoms with Gasteiger partial charge in [-0.1, -0.05) is 67.3 Å². The SMILES string of the molecule is Cc1ccc(C(=O)N2C(C(=O)NCCc3ccccc3)CSC2C2CCCCC2)cc1. The molecule has 4 rings (SSSR count). The minimum absolute atomic E-state index is 0.0104. The van der Waals surface area contributed by atoms with Crippen LogP contribution < -0.4 is 5.32 Å². The number of benzene rings is 2. The average Bonchev–Trinajstić information content (AvgIpc) is 3.26. The third kappa shape index (κ3) is 5.32. The lowest BCUT2D eigenvalue weighted by atomic mass is 9.88. The van der Waals surface area contributed by atoms with Crippen molar-refractivity contribution in [3.63, 3.8) is 0 Å². The Bertz CT molecular complexity index is 878. The summed E-state index contributed by atoms with van der Waals surface area (Å²) in [7, 11) is 0. The number of hydrogen-bond donors (Lipinski definition) is 1. The Hall–Kier alpha value is -2.27. The quantitative estimate of drug-likeness (QED) is 0.706. The fraction of sp³-hybridized carbons (Fsp3) is 0.462. The molecule has 2 unspecified atom stereocenters. The lowest BCUT2D eigenvalue weighted by Gasteiger charge is -2.35. The van der Waals surface area contributed by atoms with E-state index < -0.39 is 6.04 Å². The summed E-state index contributed by atoms with van der Waals surface area (Å²) in [6.07, 6.45) is 6.83. The number of hydrogen-bond acceptors (Lipinski definition) is 3. The maximum absolute atomic E-state index is 13.6. The highest BCUT2D eigenvalue weighted by atomic mass is 32.2. The van der Waals surface area contributed by atoms with Gasteiger partial charge in [0, 0.05) is 17.9 Å². The number of amides is 2. The van der Waals surface area contributed by atoms with E-state index >= 15 is 0 Å². The standard InChI is InChI=1S/C26H32N2O2S/c1-19-12-14-21(15-13-19)25(30)28-23(18-31-26(28)22-10-6-3-7-11-22)24(29)27-17-16-20-8-4-2-5-9-20/h2,4-5,8-9,12-15,22-23,26H,3,6-7,10-11,16-18H2,1H3,(H,27,29). The van der Waals surface area contributed by atoms with Gasteiger partial charge in [0.25, 0.3) is 5.91 Å². The first-order valence-corrected chi connectivity index (χ1v) is 12.5. The van der Waals surface area contributed by atoms with Gasteiger partial charge in [0.15, 0.2) is 0 Å². The number of nitrogens with one attached hydrogen (secondary N) is 1. The lowest BCUT2D eigenvalue weighted by Crippen LogP contribution is -2.51. The van der Waals surface area contributed by atoms with Crippen LogP contribution in [0.3, 0.4) is 0 Å². The molecular weight excluding hydrogens is 404 g/mol. The van der Waals surface area contributed by atoms with Gasteiger partial charge in [-0.25, -0.2) is 0 Å². The Labute approximate surface area is 189 Å². The molecular formula is C26H32N2O2S. The third-order valence-electron chi connectivity index (χ3n) is 6.48. The van der Waals surface area contributed by atoms with Gasteiger partial charge < -0.3 is 10.2 Å². The predicted octanol–water partition coefficient (Wildman–Crippen LogP) is 4.82. The number of thioether (sulfide) groups is 1. The van der Waals surface area contributed by atoms with Crippen molar-refractivity contribution in [3.05, 3.63) is 71.3 Å². The molecule has 2 fully saturated rings. The molecule has 1 saturated carbocycles. The number of aryl methyl sites for hydroxylation is 1. The molecule has 31 heavy (non-hydrogen) atoms. The predicted molar refractivity (Wildman–Crippen MR) is 127 cm³/mol. The first-order chi connectivity index (χ1) is 15.1. The van der Waals surface area contributed by atoms with Crippen LogP contribution >= 0.6 is 11.8 Å². The Balaban J connectivity index is 1.48. The van der Waals surface area contributed by atoms with Gasteiger partial charge in [-0.05, 0) is 49.8 Å². The first-order valence-electron chi connectivity index (χ1n) is 11.5. The van der Waals surface area contributed by atoms with Crippen LogP contribution in [0.2, 0.25) is 0 Å². The van der Waals surface area contributed by atoms with Crippen molar-refractivity contribution >= 4 is 23.6 Å². The summed E-state index contributed by atoms with van der Waals surface area (Å²) < 4.78 is 0. The zero-order chi connectivity index (χ0) is 21.6. The molecule has 0 aromatic heterocycles. The van der Waals surface area contributed by atoms with Gasteiger partial charge >= 0.3 is 0 Å². The molecule has 2 amide bonds. The van der Waals surface area contributed by atoms with Crippen LogP contribution in [0.15, 0.2) is 54.6 Å². The molecule has 5 heteroatoms. The summed E-state index contributed by atoms with van der Waals surface area (Å²) >= 11 is 1.79. The molecule has 2 aromatic rings. The topological polar surface area (TPSA) is 49.4 Å². The molecule has 2 atom stereocenters. The Kier molecular flexibility index (Phi) is 7.33. The maximum Gasteiger partial charge on any atom is 0.255 e. The number of carbonyl (C=O) groups is 2. The number of carbonyl (C=O) groups excluding carboxylic acids is 2. The second-order valence-corrected chi connectivity index (χ2v) is 9.89. The highest BCUT2D eigenvalue weighted by molar-refractivity contribution is 8.00. The minimum Gasteiger partial charge on any atom is -0.354 e. The highest BCUT2D eigenvalue weighted by Gasteiger charge is 2.45. The summed E-state index contributed by atoms with van der Waals surface area (Å²) in [5.74, 6) is 1.12. The molecule has 0 radical (unpaired) electrons.